The molecule has 0 radical (unpaired) electrons. The normalized spacial score (nSPS) is 14.0. The van der Waals surface area contributed by atoms with Crippen LogP contribution >= 0.6 is 23.2 Å². The van der Waals surface area contributed by atoms with Crippen molar-refractivity contribution in [2.45, 2.75) is 52.4 Å². The number of carbonyl (C=O) groups excluding carboxylic acids is 2. The van der Waals surface area contributed by atoms with Gasteiger partial charge in [0.05, 0.1) is 13.2 Å². The number of piperazine rings is 1. The highest BCUT2D eigenvalue weighted by Crippen LogP contribution is 2.23. The summed E-state index contributed by atoms with van der Waals surface area (Å²) >= 11 is 11.9. The molecule has 0 aliphatic carbocycles. The number of carbonyl (C=O) groups is 2. The lowest BCUT2D eigenvalue weighted by atomic mass is 10.2. The minimum atomic E-state index is 0.0738. The number of nitrogens with one attached hydrogen (secondary N) is 2. The third-order valence-electron chi connectivity index (χ3n) is 7.30. The fourth-order valence-corrected chi connectivity index (χ4v) is 5.31. The Bertz CT molecular complexity index is 1040. The van der Waals surface area contributed by atoms with E-state index in [1.54, 1.807) is 0 Å². The van der Waals surface area contributed by atoms with E-state index in [9.17, 15) is 9.59 Å². The van der Waals surface area contributed by atoms with E-state index in [-0.39, 0.29) is 11.8 Å². The Hall–Kier alpha value is -2.52. The molecule has 1 saturated heterocycles. The number of rotatable bonds is 18. The van der Waals surface area contributed by atoms with E-state index >= 15 is 0 Å². The zero-order chi connectivity index (χ0) is 30.2. The van der Waals surface area contributed by atoms with Crippen LogP contribution in [0.25, 0.3) is 0 Å². The zero-order valence-corrected chi connectivity index (χ0v) is 26.6. The molecule has 2 amide bonds. The fraction of sp³-hybridized carbons (Fsp3) is 0.562. The van der Waals surface area contributed by atoms with Gasteiger partial charge in [-0.05, 0) is 100 Å². The molecule has 0 atom stereocenters. The monoisotopic (exact) mass is 620 g/mol. The number of halogens is 2. The predicted octanol–water partition coefficient (Wildman–Crippen LogP) is 5.26. The molecule has 0 unspecified atom stereocenters. The van der Waals surface area contributed by atoms with E-state index in [0.717, 1.165) is 74.7 Å². The summed E-state index contributed by atoms with van der Waals surface area (Å²) < 4.78 is 11.5. The topological polar surface area (TPSA) is 83.1 Å². The van der Waals surface area contributed by atoms with Crippen LogP contribution in [0.2, 0.25) is 10.0 Å². The molecule has 2 aromatic carbocycles. The first kappa shape index (κ1) is 34.0. The van der Waals surface area contributed by atoms with Crippen LogP contribution in [0, 0.1) is 13.8 Å². The molecular formula is C32H46Cl2N4O4. The van der Waals surface area contributed by atoms with Gasteiger partial charge in [-0.25, -0.2) is 0 Å². The predicted molar refractivity (Wildman–Crippen MR) is 170 cm³/mol. The maximum absolute atomic E-state index is 12.1. The highest BCUT2D eigenvalue weighted by Gasteiger charge is 2.16. The van der Waals surface area contributed by atoms with Crippen molar-refractivity contribution in [3.63, 3.8) is 0 Å². The second kappa shape index (κ2) is 18.9. The smallest absolute Gasteiger partial charge is 0.220 e. The second-order valence-electron chi connectivity index (χ2n) is 10.8. The molecule has 2 aromatic rings. The quantitative estimate of drug-likeness (QED) is 0.221. The molecule has 0 saturated carbocycles. The summed E-state index contributed by atoms with van der Waals surface area (Å²) in [5.41, 5.74) is 1.99. The van der Waals surface area contributed by atoms with Gasteiger partial charge in [-0.3, -0.25) is 9.59 Å². The summed E-state index contributed by atoms with van der Waals surface area (Å²) in [6.45, 7) is 12.5. The van der Waals surface area contributed by atoms with Crippen molar-refractivity contribution in [3.8, 4) is 11.5 Å². The van der Waals surface area contributed by atoms with Gasteiger partial charge < -0.3 is 29.9 Å². The third-order valence-corrected chi connectivity index (χ3v) is 7.77. The summed E-state index contributed by atoms with van der Waals surface area (Å²) in [4.78, 5) is 29.2. The molecule has 42 heavy (non-hydrogen) atoms. The average Bonchev–Trinajstić information content (AvgIpc) is 2.96. The first-order chi connectivity index (χ1) is 20.3. The molecule has 0 bridgehead atoms. The molecule has 1 aliphatic heterocycles. The highest BCUT2D eigenvalue weighted by molar-refractivity contribution is 6.31. The van der Waals surface area contributed by atoms with Crippen molar-refractivity contribution in [3.05, 3.63) is 57.6 Å². The van der Waals surface area contributed by atoms with Gasteiger partial charge >= 0.3 is 0 Å². The maximum atomic E-state index is 12.1. The Morgan fingerprint density at radius 1 is 0.690 bits per heavy atom. The van der Waals surface area contributed by atoms with Crippen LogP contribution < -0.4 is 20.1 Å². The van der Waals surface area contributed by atoms with Crippen LogP contribution in [0.15, 0.2) is 36.4 Å². The van der Waals surface area contributed by atoms with Gasteiger partial charge in [-0.2, -0.15) is 0 Å². The van der Waals surface area contributed by atoms with Crippen LogP contribution in [-0.4, -0.2) is 87.2 Å². The number of ether oxygens (including phenoxy) is 2. The van der Waals surface area contributed by atoms with Crippen molar-refractivity contribution >= 4 is 35.0 Å². The zero-order valence-electron chi connectivity index (χ0n) is 25.1. The first-order valence-electron chi connectivity index (χ1n) is 15.1. The van der Waals surface area contributed by atoms with E-state index in [2.05, 4.69) is 20.4 Å². The van der Waals surface area contributed by atoms with E-state index in [0.29, 0.717) is 62.0 Å². The molecule has 2 N–H and O–H groups in total. The van der Waals surface area contributed by atoms with Crippen molar-refractivity contribution in [2.24, 2.45) is 0 Å². The maximum Gasteiger partial charge on any atom is 0.220 e. The Kier molecular flexibility index (Phi) is 15.3. The van der Waals surface area contributed by atoms with Crippen molar-refractivity contribution < 1.29 is 19.1 Å². The van der Waals surface area contributed by atoms with Gasteiger partial charge in [0.25, 0.3) is 0 Å². The lowest BCUT2D eigenvalue weighted by molar-refractivity contribution is -0.122. The molecule has 0 aromatic heterocycles. The lowest BCUT2D eigenvalue weighted by Gasteiger charge is -2.34. The average molecular weight is 622 g/mol. The minimum absolute atomic E-state index is 0.0738. The number of aryl methyl sites for hydroxylation is 2. The summed E-state index contributed by atoms with van der Waals surface area (Å²) in [6.07, 6.45) is 4.18. The molecule has 10 heteroatoms. The standard InChI is InChI=1S/C32H46Cl2N4O4/c1-25-23-27(33)9-11-29(25)41-21-3-7-31(39)35-13-5-15-37-17-19-38(20-18-37)16-6-14-36-32(40)8-4-22-42-30-12-10-28(34)24-26(30)2/h9-12,23-24H,3-8,13-22H2,1-2H3,(H,35,39)(H,36,40). The molecule has 1 heterocycles. The lowest BCUT2D eigenvalue weighted by Crippen LogP contribution is -2.47. The van der Waals surface area contributed by atoms with Gasteiger partial charge in [0, 0.05) is 62.2 Å². The van der Waals surface area contributed by atoms with Crippen molar-refractivity contribution in [2.75, 3.05) is 65.6 Å². The summed E-state index contributed by atoms with van der Waals surface area (Å²) in [7, 11) is 0. The van der Waals surface area contributed by atoms with Crippen molar-refractivity contribution in [1.82, 2.24) is 20.4 Å². The van der Waals surface area contributed by atoms with E-state index in [1.165, 1.54) is 0 Å². The third kappa shape index (κ3) is 13.2. The Labute approximate surface area is 261 Å². The molecule has 1 fully saturated rings. The Balaban J connectivity index is 1.12. The van der Waals surface area contributed by atoms with Crippen LogP contribution in [0.4, 0.5) is 0 Å². The number of hydrogen-bond donors (Lipinski definition) is 2. The molecule has 1 aliphatic rings. The van der Waals surface area contributed by atoms with Gasteiger partial charge in [0.1, 0.15) is 11.5 Å². The molecule has 8 nitrogen and oxygen atoms in total. The Morgan fingerprint density at radius 2 is 1.10 bits per heavy atom. The molecular weight excluding hydrogens is 575 g/mol. The molecule has 0 spiro atoms. The van der Waals surface area contributed by atoms with Gasteiger partial charge in [-0.15, -0.1) is 0 Å². The van der Waals surface area contributed by atoms with E-state index < -0.39 is 0 Å². The SMILES string of the molecule is Cc1cc(Cl)ccc1OCCCC(=O)NCCCN1CCN(CCCNC(=O)CCCOc2ccc(Cl)cc2C)CC1. The number of hydrogen-bond acceptors (Lipinski definition) is 6. The van der Waals surface area contributed by atoms with Crippen LogP contribution in [0.5, 0.6) is 11.5 Å². The van der Waals surface area contributed by atoms with Crippen LogP contribution in [0.3, 0.4) is 0 Å². The fourth-order valence-electron chi connectivity index (χ4n) is 4.85. The number of nitrogens with zero attached hydrogens (tertiary/aromatic N) is 2. The van der Waals surface area contributed by atoms with Gasteiger partial charge in [0.15, 0.2) is 0 Å². The van der Waals surface area contributed by atoms with Gasteiger partial charge in [-0.1, -0.05) is 23.2 Å². The van der Waals surface area contributed by atoms with Crippen LogP contribution in [-0.2, 0) is 9.59 Å². The summed E-state index contributed by atoms with van der Waals surface area (Å²) in [5, 5.41) is 7.44. The number of amides is 2. The number of benzene rings is 2. The van der Waals surface area contributed by atoms with Crippen molar-refractivity contribution in [1.29, 1.82) is 0 Å². The summed E-state index contributed by atoms with van der Waals surface area (Å²) in [6, 6.07) is 11.1. The Morgan fingerprint density at radius 3 is 1.48 bits per heavy atom. The largest absolute Gasteiger partial charge is 0.493 e. The second-order valence-corrected chi connectivity index (χ2v) is 11.7. The highest BCUT2D eigenvalue weighted by atomic mass is 35.5. The molecule has 3 rings (SSSR count). The minimum Gasteiger partial charge on any atom is -0.493 e. The van der Waals surface area contributed by atoms with Crippen LogP contribution in [0.1, 0.15) is 49.7 Å². The van der Waals surface area contributed by atoms with E-state index in [1.807, 2.05) is 50.2 Å². The van der Waals surface area contributed by atoms with E-state index in [4.69, 9.17) is 32.7 Å². The molecule has 232 valence electrons. The van der Waals surface area contributed by atoms with Gasteiger partial charge in [0.2, 0.25) is 11.8 Å². The first-order valence-corrected chi connectivity index (χ1v) is 15.8. The summed E-state index contributed by atoms with van der Waals surface area (Å²) in [5.74, 6) is 1.77.